The third-order valence-electron chi connectivity index (χ3n) is 3.46. The number of nitrogens with two attached hydrogens (primary N) is 2. The molecule has 1 aromatic rings. The van der Waals surface area contributed by atoms with Gasteiger partial charge in [0.05, 0.1) is 11.4 Å². The SMILES string of the molecule is C1CCC1.C=C(Nc1ccc(N)c(N)c1)C1CC1.CC. The minimum Gasteiger partial charge on any atom is -0.397 e. The van der Waals surface area contributed by atoms with Crippen LogP contribution in [-0.2, 0) is 0 Å². The van der Waals surface area contributed by atoms with Gasteiger partial charge in [-0.25, -0.2) is 0 Å². The summed E-state index contributed by atoms with van der Waals surface area (Å²) >= 11 is 0. The zero-order valence-corrected chi connectivity index (χ0v) is 12.9. The number of hydrogen-bond acceptors (Lipinski definition) is 3. The van der Waals surface area contributed by atoms with Crippen LogP contribution in [0, 0.1) is 5.92 Å². The lowest BCUT2D eigenvalue weighted by molar-refractivity contribution is 0.504. The molecule has 3 rings (SSSR count). The summed E-state index contributed by atoms with van der Waals surface area (Å²) in [6, 6.07) is 5.56. The molecular formula is C17H29N3. The molecule has 0 bridgehead atoms. The first-order valence-corrected chi connectivity index (χ1v) is 7.77. The molecule has 3 heteroatoms. The highest BCUT2D eigenvalue weighted by Gasteiger charge is 2.24. The number of hydrogen-bond donors (Lipinski definition) is 3. The van der Waals surface area contributed by atoms with Crippen LogP contribution in [-0.4, -0.2) is 0 Å². The molecule has 0 atom stereocenters. The summed E-state index contributed by atoms with van der Waals surface area (Å²) in [4.78, 5) is 0. The van der Waals surface area contributed by atoms with Gasteiger partial charge in [-0.15, -0.1) is 0 Å². The second kappa shape index (κ2) is 8.51. The molecule has 0 spiro atoms. The summed E-state index contributed by atoms with van der Waals surface area (Å²) in [5.74, 6) is 0.647. The van der Waals surface area contributed by atoms with Crippen LogP contribution in [0.4, 0.5) is 17.1 Å². The molecule has 2 aliphatic carbocycles. The van der Waals surface area contributed by atoms with E-state index in [1.54, 1.807) is 6.07 Å². The lowest BCUT2D eigenvalue weighted by Crippen LogP contribution is -2.01. The Morgan fingerprint density at radius 1 is 1.05 bits per heavy atom. The summed E-state index contributed by atoms with van der Waals surface area (Å²) in [5.41, 5.74) is 14.6. The molecule has 1 aromatic carbocycles. The van der Waals surface area contributed by atoms with Crippen LogP contribution in [0.2, 0.25) is 0 Å². The zero-order valence-electron chi connectivity index (χ0n) is 12.9. The van der Waals surface area contributed by atoms with Gasteiger partial charge < -0.3 is 16.8 Å². The highest BCUT2D eigenvalue weighted by molar-refractivity contribution is 5.70. The molecule has 0 aromatic heterocycles. The maximum Gasteiger partial charge on any atom is 0.0568 e. The molecule has 0 unspecified atom stereocenters. The highest BCUT2D eigenvalue weighted by Crippen LogP contribution is 2.36. The average molecular weight is 275 g/mol. The van der Waals surface area contributed by atoms with Crippen LogP contribution in [0.25, 0.3) is 0 Å². The molecule has 3 nitrogen and oxygen atoms in total. The Hall–Kier alpha value is -1.64. The topological polar surface area (TPSA) is 64.1 Å². The van der Waals surface area contributed by atoms with Crippen molar-refractivity contribution in [1.29, 1.82) is 0 Å². The van der Waals surface area contributed by atoms with Crippen LogP contribution >= 0.6 is 0 Å². The lowest BCUT2D eigenvalue weighted by atomic mass is 10.0. The van der Waals surface area contributed by atoms with Crippen LogP contribution in [0.3, 0.4) is 0 Å². The van der Waals surface area contributed by atoms with Crippen molar-refractivity contribution in [3.05, 3.63) is 30.5 Å². The van der Waals surface area contributed by atoms with Crippen molar-refractivity contribution in [2.24, 2.45) is 5.92 Å². The predicted octanol–water partition coefficient (Wildman–Crippen LogP) is 4.77. The van der Waals surface area contributed by atoms with Crippen LogP contribution in [0.15, 0.2) is 30.5 Å². The van der Waals surface area contributed by atoms with Gasteiger partial charge in [-0.2, -0.15) is 0 Å². The number of nitrogens with one attached hydrogen (secondary N) is 1. The van der Waals surface area contributed by atoms with Gasteiger partial charge in [0.25, 0.3) is 0 Å². The Balaban J connectivity index is 0.000000281. The normalized spacial score (nSPS) is 15.7. The first-order chi connectivity index (χ1) is 9.66. The van der Waals surface area contributed by atoms with Crippen LogP contribution < -0.4 is 16.8 Å². The number of nitrogen functional groups attached to an aromatic ring is 2. The minimum absolute atomic E-state index is 0.610. The average Bonchev–Trinajstić information content (AvgIpc) is 3.18. The standard InChI is InChI=1S/C11H15N3.C4H8.C2H6/c1-7(8-2-3-8)14-9-4-5-10(12)11(13)6-9;1-2-4-3-1;1-2/h4-6,8,14H,1-3,12-13H2;1-4H2;1-2H3. The van der Waals surface area contributed by atoms with Crippen molar-refractivity contribution in [2.45, 2.75) is 52.4 Å². The van der Waals surface area contributed by atoms with E-state index in [0.717, 1.165) is 11.4 Å². The molecule has 0 aliphatic heterocycles. The predicted molar refractivity (Wildman–Crippen MR) is 90.6 cm³/mol. The summed E-state index contributed by atoms with van der Waals surface area (Å²) in [6.07, 6.45) is 8.49. The number of rotatable bonds is 3. The largest absolute Gasteiger partial charge is 0.397 e. The lowest BCUT2D eigenvalue weighted by Gasteiger charge is -2.09. The Morgan fingerprint density at radius 3 is 2.00 bits per heavy atom. The molecular weight excluding hydrogens is 246 g/mol. The number of allylic oxidation sites excluding steroid dienone is 1. The Kier molecular flexibility index (Phi) is 6.99. The third kappa shape index (κ3) is 5.55. The summed E-state index contributed by atoms with van der Waals surface area (Å²) in [6.45, 7) is 7.98. The fourth-order valence-electron chi connectivity index (χ4n) is 1.62. The van der Waals surface area contributed by atoms with E-state index in [0.29, 0.717) is 17.3 Å². The van der Waals surface area contributed by atoms with Gasteiger partial charge in [0.2, 0.25) is 0 Å². The molecule has 20 heavy (non-hydrogen) atoms. The molecule has 0 heterocycles. The Morgan fingerprint density at radius 2 is 1.60 bits per heavy atom. The Labute approximate surface area is 123 Å². The van der Waals surface area contributed by atoms with Gasteiger partial charge in [0.15, 0.2) is 0 Å². The van der Waals surface area contributed by atoms with Crippen molar-refractivity contribution >= 4 is 17.1 Å². The smallest absolute Gasteiger partial charge is 0.0568 e. The first-order valence-electron chi connectivity index (χ1n) is 7.77. The van der Waals surface area contributed by atoms with E-state index < -0.39 is 0 Å². The third-order valence-corrected chi connectivity index (χ3v) is 3.46. The fraction of sp³-hybridized carbons (Fsp3) is 0.529. The van der Waals surface area contributed by atoms with E-state index in [9.17, 15) is 0 Å². The van der Waals surface area contributed by atoms with E-state index in [1.165, 1.54) is 38.5 Å². The van der Waals surface area contributed by atoms with E-state index in [4.69, 9.17) is 11.5 Å². The summed E-state index contributed by atoms with van der Waals surface area (Å²) < 4.78 is 0. The van der Waals surface area contributed by atoms with Crippen molar-refractivity contribution in [3.8, 4) is 0 Å². The highest BCUT2D eigenvalue weighted by atomic mass is 14.9. The number of anilines is 3. The van der Waals surface area contributed by atoms with Gasteiger partial charge in [0.1, 0.15) is 0 Å². The number of benzene rings is 1. The van der Waals surface area contributed by atoms with Crippen molar-refractivity contribution in [3.63, 3.8) is 0 Å². The quantitative estimate of drug-likeness (QED) is 0.696. The Bertz CT molecular complexity index is 414. The summed E-state index contributed by atoms with van der Waals surface area (Å²) in [5, 5.41) is 3.24. The molecule has 2 saturated carbocycles. The first kappa shape index (κ1) is 16.4. The molecule has 0 saturated heterocycles. The summed E-state index contributed by atoms with van der Waals surface area (Å²) in [7, 11) is 0. The molecule has 112 valence electrons. The van der Waals surface area contributed by atoms with Gasteiger partial charge in [0, 0.05) is 11.4 Å². The maximum absolute atomic E-state index is 5.69. The van der Waals surface area contributed by atoms with Crippen LogP contribution in [0.5, 0.6) is 0 Å². The van der Waals surface area contributed by atoms with Crippen LogP contribution in [0.1, 0.15) is 52.4 Å². The van der Waals surface area contributed by atoms with Gasteiger partial charge in [-0.1, -0.05) is 46.1 Å². The maximum atomic E-state index is 5.69. The van der Waals surface area contributed by atoms with Gasteiger partial charge in [-0.05, 0) is 37.0 Å². The van der Waals surface area contributed by atoms with Crippen molar-refractivity contribution in [1.82, 2.24) is 0 Å². The second-order valence-corrected chi connectivity index (χ2v) is 5.18. The monoisotopic (exact) mass is 275 g/mol. The zero-order chi connectivity index (χ0) is 15.0. The molecule has 0 amide bonds. The van der Waals surface area contributed by atoms with E-state index in [1.807, 2.05) is 26.0 Å². The molecule has 0 radical (unpaired) electrons. The fourth-order valence-corrected chi connectivity index (χ4v) is 1.62. The van der Waals surface area contributed by atoms with Gasteiger partial charge >= 0.3 is 0 Å². The molecule has 2 fully saturated rings. The van der Waals surface area contributed by atoms with Crippen molar-refractivity contribution < 1.29 is 0 Å². The van der Waals surface area contributed by atoms with Gasteiger partial charge in [-0.3, -0.25) is 0 Å². The van der Waals surface area contributed by atoms with E-state index in [2.05, 4.69) is 11.9 Å². The molecule has 5 N–H and O–H groups in total. The minimum atomic E-state index is 0.610. The molecule has 2 aliphatic rings. The van der Waals surface area contributed by atoms with E-state index in [-0.39, 0.29) is 0 Å². The second-order valence-electron chi connectivity index (χ2n) is 5.18. The van der Waals surface area contributed by atoms with Crippen molar-refractivity contribution in [2.75, 3.05) is 16.8 Å². The van der Waals surface area contributed by atoms with E-state index >= 15 is 0 Å².